The first kappa shape index (κ1) is 28.2. The number of unbranched alkanes of at least 4 members (excludes halogenated alkanes) is 18. The second kappa shape index (κ2) is 19.8. The van der Waals surface area contributed by atoms with Gasteiger partial charge in [0.2, 0.25) is 0 Å². The summed E-state index contributed by atoms with van der Waals surface area (Å²) in [5.74, 6) is 0. The third-order valence-corrected chi connectivity index (χ3v) is 7.34. The van der Waals surface area contributed by atoms with E-state index >= 15 is 0 Å². The van der Waals surface area contributed by atoms with Crippen LogP contribution < -0.4 is 0 Å². The maximum atomic E-state index is 12.0. The molecule has 1 rings (SSSR count). The van der Waals surface area contributed by atoms with Crippen LogP contribution in [0.1, 0.15) is 129 Å². The van der Waals surface area contributed by atoms with Gasteiger partial charge in [-0.3, -0.25) is 4.18 Å². The van der Waals surface area contributed by atoms with Gasteiger partial charge in [-0.15, -0.1) is 0 Å². The third kappa shape index (κ3) is 16.4. The molecule has 0 aliphatic rings. The fourth-order valence-electron chi connectivity index (χ4n) is 4.00. The van der Waals surface area contributed by atoms with E-state index in [1.165, 1.54) is 109 Å². The van der Waals surface area contributed by atoms with Gasteiger partial charge in [0.1, 0.15) is 0 Å². The van der Waals surface area contributed by atoms with Gasteiger partial charge in [-0.25, -0.2) is 0 Å². The summed E-state index contributed by atoms with van der Waals surface area (Å²) in [6, 6.07) is 8.38. The Morgan fingerprint density at radius 1 is 0.548 bits per heavy atom. The van der Waals surface area contributed by atoms with Crippen LogP contribution in [0.25, 0.3) is 0 Å². The molecule has 3 nitrogen and oxygen atoms in total. The molecule has 1 aromatic carbocycles. The summed E-state index contributed by atoms with van der Waals surface area (Å²) in [7, 11) is -3.58. The minimum atomic E-state index is -3.58. The monoisotopic (exact) mass is 452 g/mol. The molecule has 0 unspecified atom stereocenters. The van der Waals surface area contributed by atoms with Crippen LogP contribution in [0, 0.1) is 0 Å². The van der Waals surface area contributed by atoms with E-state index < -0.39 is 10.1 Å². The first-order valence-corrected chi connectivity index (χ1v) is 14.5. The number of hydrogen-bond donors (Lipinski definition) is 0. The number of hydrogen-bond acceptors (Lipinski definition) is 3. The zero-order valence-electron chi connectivity index (χ0n) is 20.2. The maximum absolute atomic E-state index is 12.0. The van der Waals surface area contributed by atoms with E-state index in [9.17, 15) is 8.42 Å². The Balaban J connectivity index is 1.77. The van der Waals surface area contributed by atoms with Crippen LogP contribution in [0.15, 0.2) is 35.2 Å². The van der Waals surface area contributed by atoms with E-state index in [-0.39, 0.29) is 11.5 Å². The Labute approximate surface area is 193 Å². The largest absolute Gasteiger partial charge is 0.296 e. The molecule has 0 atom stereocenters. The van der Waals surface area contributed by atoms with Crippen molar-refractivity contribution in [3.63, 3.8) is 0 Å². The molecule has 0 fully saturated rings. The lowest BCUT2D eigenvalue weighted by atomic mass is 10.0. The molecule has 0 heterocycles. The molecule has 0 radical (unpaired) electrons. The van der Waals surface area contributed by atoms with E-state index in [1.54, 1.807) is 30.3 Å². The van der Waals surface area contributed by atoms with Crippen molar-refractivity contribution in [1.29, 1.82) is 0 Å². The molecule has 0 spiro atoms. The van der Waals surface area contributed by atoms with E-state index in [4.69, 9.17) is 4.18 Å². The summed E-state index contributed by atoms with van der Waals surface area (Å²) in [5.41, 5.74) is 0. The van der Waals surface area contributed by atoms with Crippen molar-refractivity contribution in [3.05, 3.63) is 30.3 Å². The van der Waals surface area contributed by atoms with Crippen LogP contribution in [0.3, 0.4) is 0 Å². The molecule has 31 heavy (non-hydrogen) atoms. The van der Waals surface area contributed by atoms with E-state index in [0.29, 0.717) is 0 Å². The van der Waals surface area contributed by atoms with Crippen LogP contribution >= 0.6 is 0 Å². The summed E-state index contributed by atoms with van der Waals surface area (Å²) < 4.78 is 29.1. The smallest absolute Gasteiger partial charge is 0.266 e. The molecule has 0 saturated carbocycles. The van der Waals surface area contributed by atoms with Gasteiger partial charge in [0.05, 0.1) is 11.5 Å². The van der Waals surface area contributed by atoms with Gasteiger partial charge < -0.3 is 0 Å². The summed E-state index contributed by atoms with van der Waals surface area (Å²) in [6.45, 7) is 2.57. The van der Waals surface area contributed by atoms with Gasteiger partial charge in [0, 0.05) is 0 Å². The molecule has 0 aromatic heterocycles. The second-order valence-electron chi connectivity index (χ2n) is 8.95. The Kier molecular flexibility index (Phi) is 18.0. The Morgan fingerprint density at radius 3 is 1.29 bits per heavy atom. The quantitative estimate of drug-likeness (QED) is 0.130. The van der Waals surface area contributed by atoms with Crippen molar-refractivity contribution >= 4 is 10.1 Å². The van der Waals surface area contributed by atoms with Gasteiger partial charge in [-0.1, -0.05) is 141 Å². The van der Waals surface area contributed by atoms with Crippen molar-refractivity contribution < 1.29 is 12.6 Å². The molecule has 0 N–H and O–H groups in total. The van der Waals surface area contributed by atoms with Gasteiger partial charge in [0.25, 0.3) is 10.1 Å². The zero-order chi connectivity index (χ0) is 22.5. The first-order chi connectivity index (χ1) is 15.2. The lowest BCUT2D eigenvalue weighted by Gasteiger charge is -2.06. The van der Waals surface area contributed by atoms with Crippen LogP contribution in [0.5, 0.6) is 0 Å². The molecule has 1 aromatic rings. The third-order valence-electron chi connectivity index (χ3n) is 6.02. The van der Waals surface area contributed by atoms with Gasteiger partial charge in [-0.05, 0) is 18.6 Å². The average molecular weight is 453 g/mol. The predicted octanol–water partition coefficient (Wildman–Crippen LogP) is 8.82. The summed E-state index contributed by atoms with van der Waals surface area (Å²) in [6.07, 6.45) is 25.3. The summed E-state index contributed by atoms with van der Waals surface area (Å²) >= 11 is 0. The van der Waals surface area contributed by atoms with Gasteiger partial charge >= 0.3 is 0 Å². The SMILES string of the molecule is CCCCCCCCCCCCCCCCCCCCCOS(=O)(=O)c1ccccc1. The van der Waals surface area contributed by atoms with Crippen LogP contribution in [0.2, 0.25) is 0 Å². The molecular weight excluding hydrogens is 404 g/mol. The van der Waals surface area contributed by atoms with Crippen LogP contribution in [-0.2, 0) is 14.3 Å². The van der Waals surface area contributed by atoms with Gasteiger partial charge in [-0.2, -0.15) is 8.42 Å². The van der Waals surface area contributed by atoms with Crippen LogP contribution in [-0.4, -0.2) is 15.0 Å². The van der Waals surface area contributed by atoms with Crippen molar-refractivity contribution in [2.24, 2.45) is 0 Å². The topological polar surface area (TPSA) is 43.4 Å². The fourth-order valence-corrected chi connectivity index (χ4v) is 4.97. The lowest BCUT2D eigenvalue weighted by Crippen LogP contribution is -2.07. The summed E-state index contributed by atoms with van der Waals surface area (Å²) in [4.78, 5) is 0.243. The van der Waals surface area contributed by atoms with Crippen molar-refractivity contribution in [1.82, 2.24) is 0 Å². The molecule has 4 heteroatoms. The predicted molar refractivity (Wildman–Crippen MR) is 133 cm³/mol. The standard InChI is InChI=1S/C27H48O3S/c1-2-3-4-5-6-7-8-9-10-11-12-13-14-15-16-17-18-19-23-26-30-31(28,29)27-24-21-20-22-25-27/h20-22,24-25H,2-19,23,26H2,1H3. The zero-order valence-corrected chi connectivity index (χ0v) is 21.0. The number of benzene rings is 1. The number of rotatable bonds is 22. The van der Waals surface area contributed by atoms with Crippen molar-refractivity contribution in [2.75, 3.05) is 6.61 Å². The van der Waals surface area contributed by atoms with Crippen LogP contribution in [0.4, 0.5) is 0 Å². The van der Waals surface area contributed by atoms with Gasteiger partial charge in [0.15, 0.2) is 0 Å². The summed E-state index contributed by atoms with van der Waals surface area (Å²) in [5, 5.41) is 0. The molecule has 0 saturated heterocycles. The average Bonchev–Trinajstić information content (AvgIpc) is 2.78. The lowest BCUT2D eigenvalue weighted by molar-refractivity contribution is 0.306. The molecule has 0 bridgehead atoms. The van der Waals surface area contributed by atoms with E-state index in [0.717, 1.165) is 12.8 Å². The first-order valence-electron chi connectivity index (χ1n) is 13.1. The molecule has 0 aliphatic carbocycles. The van der Waals surface area contributed by atoms with Crippen molar-refractivity contribution in [2.45, 2.75) is 134 Å². The Morgan fingerprint density at radius 2 is 0.903 bits per heavy atom. The fraction of sp³-hybridized carbons (Fsp3) is 0.778. The highest BCUT2D eigenvalue weighted by Crippen LogP contribution is 2.15. The maximum Gasteiger partial charge on any atom is 0.296 e. The highest BCUT2D eigenvalue weighted by molar-refractivity contribution is 7.86. The molecule has 180 valence electrons. The van der Waals surface area contributed by atoms with E-state index in [1.807, 2.05) is 0 Å². The van der Waals surface area contributed by atoms with Crippen molar-refractivity contribution in [3.8, 4) is 0 Å². The highest BCUT2D eigenvalue weighted by atomic mass is 32.2. The Hall–Kier alpha value is -0.870. The Bertz CT molecular complexity index is 598. The highest BCUT2D eigenvalue weighted by Gasteiger charge is 2.13. The normalized spacial score (nSPS) is 11.8. The molecular formula is C27H48O3S. The second-order valence-corrected chi connectivity index (χ2v) is 10.6. The minimum absolute atomic E-state index is 0.243. The minimum Gasteiger partial charge on any atom is -0.266 e. The molecule has 0 amide bonds. The van der Waals surface area contributed by atoms with E-state index in [2.05, 4.69) is 6.92 Å². The molecule has 0 aliphatic heterocycles.